The highest BCUT2D eigenvalue weighted by atomic mass is 127. The van der Waals surface area contributed by atoms with Gasteiger partial charge in [0.15, 0.2) is 17.3 Å². The van der Waals surface area contributed by atoms with E-state index in [1.807, 2.05) is 24.3 Å². The van der Waals surface area contributed by atoms with Crippen molar-refractivity contribution < 1.29 is 23.9 Å². The number of hydrogen-bond acceptors (Lipinski definition) is 6. The largest absolute Gasteiger partial charge is 0.493 e. The van der Waals surface area contributed by atoms with Gasteiger partial charge in [0, 0.05) is 16.1 Å². The van der Waals surface area contributed by atoms with Crippen molar-refractivity contribution in [3.05, 3.63) is 96.9 Å². The van der Waals surface area contributed by atoms with Gasteiger partial charge < -0.3 is 9.47 Å². The Morgan fingerprint density at radius 1 is 1.09 bits per heavy atom. The predicted octanol–water partition coefficient (Wildman–Crippen LogP) is 6.45. The Morgan fingerprint density at radius 3 is 2.51 bits per heavy atom. The molecule has 1 saturated heterocycles. The van der Waals surface area contributed by atoms with Gasteiger partial charge >= 0.3 is 0 Å². The first-order valence-electron chi connectivity index (χ1n) is 10.4. The molecule has 0 N–H and O–H groups in total. The predicted molar refractivity (Wildman–Crippen MR) is 145 cm³/mol. The van der Waals surface area contributed by atoms with Crippen molar-refractivity contribution in [3.8, 4) is 11.5 Å². The summed E-state index contributed by atoms with van der Waals surface area (Å²) in [6.45, 7) is -0.0403. The summed E-state index contributed by atoms with van der Waals surface area (Å²) >= 11 is 9.15. The van der Waals surface area contributed by atoms with E-state index >= 15 is 0 Å². The van der Waals surface area contributed by atoms with Gasteiger partial charge in [0.05, 0.1) is 22.1 Å². The lowest BCUT2D eigenvalue weighted by atomic mass is 10.1. The highest BCUT2D eigenvalue weighted by molar-refractivity contribution is 14.1. The van der Waals surface area contributed by atoms with Gasteiger partial charge in [0.25, 0.3) is 11.1 Å². The van der Waals surface area contributed by atoms with Gasteiger partial charge in [-0.15, -0.1) is 0 Å². The van der Waals surface area contributed by atoms with Crippen LogP contribution in [0, 0.1) is 3.57 Å². The maximum atomic E-state index is 12.9. The summed E-state index contributed by atoms with van der Waals surface area (Å²) < 4.78 is 12.3. The van der Waals surface area contributed by atoms with Crippen molar-refractivity contribution in [2.24, 2.45) is 0 Å². The number of methoxy groups -OCH3 is 1. The van der Waals surface area contributed by atoms with E-state index in [1.165, 1.54) is 7.11 Å². The number of rotatable bonds is 8. The van der Waals surface area contributed by atoms with Crippen LogP contribution in [0.1, 0.15) is 21.5 Å². The highest BCUT2D eigenvalue weighted by Crippen LogP contribution is 2.38. The number of ether oxygens (including phenoxy) is 2. The second-order valence-corrected chi connectivity index (χ2v) is 10.0. The van der Waals surface area contributed by atoms with Gasteiger partial charge in [-0.2, -0.15) is 0 Å². The van der Waals surface area contributed by atoms with Gasteiger partial charge in [-0.1, -0.05) is 60.1 Å². The van der Waals surface area contributed by atoms with Crippen LogP contribution < -0.4 is 9.47 Å². The summed E-state index contributed by atoms with van der Waals surface area (Å²) in [6, 6.07) is 19.5. The molecule has 0 radical (unpaired) electrons. The van der Waals surface area contributed by atoms with Gasteiger partial charge in [-0.25, -0.2) is 0 Å². The van der Waals surface area contributed by atoms with Crippen LogP contribution in [0.4, 0.5) is 4.79 Å². The maximum absolute atomic E-state index is 12.9. The molecule has 6 nitrogen and oxygen atoms in total. The quantitative estimate of drug-likeness (QED) is 0.164. The lowest BCUT2D eigenvalue weighted by Gasteiger charge is -2.14. The Labute approximate surface area is 225 Å². The molecule has 0 aliphatic carbocycles. The van der Waals surface area contributed by atoms with E-state index in [1.54, 1.807) is 48.5 Å². The molecular weight excluding hydrogens is 601 g/mol. The first kappa shape index (κ1) is 25.3. The van der Waals surface area contributed by atoms with Crippen LogP contribution in [0.25, 0.3) is 6.08 Å². The number of nitrogens with zero attached hydrogens (tertiary/aromatic N) is 1. The minimum Gasteiger partial charge on any atom is -0.493 e. The molecule has 0 unspecified atom stereocenters. The Hall–Kier alpha value is -2.82. The molecule has 3 aromatic rings. The molecule has 1 aliphatic heterocycles. The second kappa shape index (κ2) is 11.3. The Kier molecular flexibility index (Phi) is 8.15. The standard InChI is InChI=1S/C26H19ClINO5S/c1-33-22-12-16(11-20(28)24(22)34-15-18-9-5-6-10-19(18)27)13-23-25(31)29(26(32)35-23)14-21(30)17-7-3-2-4-8-17/h2-13H,14-15H2,1H3/b23-13+. The molecule has 178 valence electrons. The van der Waals surface area contributed by atoms with Crippen LogP contribution in [0.3, 0.4) is 0 Å². The summed E-state index contributed by atoms with van der Waals surface area (Å²) in [7, 11) is 1.53. The number of imide groups is 1. The van der Waals surface area contributed by atoms with Gasteiger partial charge in [-0.3, -0.25) is 19.3 Å². The minimum absolute atomic E-state index is 0.235. The number of ketones is 1. The first-order chi connectivity index (χ1) is 16.9. The third-order valence-corrected chi connectivity index (χ3v) is 7.23. The van der Waals surface area contributed by atoms with Crippen molar-refractivity contribution in [3.63, 3.8) is 0 Å². The van der Waals surface area contributed by atoms with Crippen LogP contribution in [0.5, 0.6) is 11.5 Å². The van der Waals surface area contributed by atoms with Crippen LogP contribution in [-0.4, -0.2) is 35.5 Å². The molecule has 2 amide bonds. The van der Waals surface area contributed by atoms with Crippen molar-refractivity contribution in [2.45, 2.75) is 6.61 Å². The molecule has 1 fully saturated rings. The summed E-state index contributed by atoms with van der Waals surface area (Å²) in [6.07, 6.45) is 1.61. The Balaban J connectivity index is 1.52. The van der Waals surface area contributed by atoms with E-state index in [-0.39, 0.29) is 23.8 Å². The van der Waals surface area contributed by atoms with Gasteiger partial charge in [0.2, 0.25) is 0 Å². The number of Topliss-reactive ketones (excluding diaryl/α,β-unsaturated/α-hetero) is 1. The molecule has 3 aromatic carbocycles. The van der Waals surface area contributed by atoms with E-state index < -0.39 is 11.1 Å². The molecule has 0 spiro atoms. The number of benzene rings is 3. The summed E-state index contributed by atoms with van der Waals surface area (Å²) in [5.41, 5.74) is 1.95. The number of halogens is 2. The highest BCUT2D eigenvalue weighted by Gasteiger charge is 2.36. The molecule has 0 aromatic heterocycles. The third kappa shape index (κ3) is 5.88. The fraction of sp³-hybridized carbons (Fsp3) is 0.115. The molecule has 1 heterocycles. The summed E-state index contributed by atoms with van der Waals surface area (Å²) in [5, 5.41) is 0.131. The van der Waals surface area contributed by atoms with Crippen molar-refractivity contribution in [1.82, 2.24) is 4.90 Å². The molecular formula is C26H19ClINO5S. The van der Waals surface area contributed by atoms with E-state index in [0.29, 0.717) is 27.6 Å². The third-order valence-electron chi connectivity index (χ3n) is 5.15. The van der Waals surface area contributed by atoms with E-state index in [0.717, 1.165) is 25.8 Å². The SMILES string of the molecule is COc1cc(/C=C2/SC(=O)N(CC(=O)c3ccccc3)C2=O)cc(I)c1OCc1ccccc1Cl. The number of carbonyl (C=O) groups is 3. The van der Waals surface area contributed by atoms with Gasteiger partial charge in [0.1, 0.15) is 6.61 Å². The van der Waals surface area contributed by atoms with Gasteiger partial charge in [-0.05, 0) is 64.2 Å². The number of amides is 2. The normalized spacial score (nSPS) is 14.5. The monoisotopic (exact) mass is 619 g/mol. The average molecular weight is 620 g/mol. The van der Waals surface area contributed by atoms with Crippen LogP contribution in [-0.2, 0) is 11.4 Å². The lowest BCUT2D eigenvalue weighted by molar-refractivity contribution is -0.122. The number of hydrogen-bond donors (Lipinski definition) is 0. The fourth-order valence-corrected chi connectivity index (χ4v) is 5.18. The van der Waals surface area contributed by atoms with Crippen molar-refractivity contribution >= 4 is 69.0 Å². The Morgan fingerprint density at radius 2 is 1.80 bits per heavy atom. The summed E-state index contributed by atoms with van der Waals surface area (Å²) in [5.74, 6) is 0.225. The molecule has 0 bridgehead atoms. The molecule has 0 saturated carbocycles. The zero-order valence-electron chi connectivity index (χ0n) is 18.5. The molecule has 9 heteroatoms. The zero-order valence-corrected chi connectivity index (χ0v) is 22.2. The zero-order chi connectivity index (χ0) is 24.9. The molecule has 1 aliphatic rings. The number of carbonyl (C=O) groups excluding carboxylic acids is 3. The molecule has 4 rings (SSSR count). The average Bonchev–Trinajstić information content (AvgIpc) is 3.11. The lowest BCUT2D eigenvalue weighted by Crippen LogP contribution is -2.33. The van der Waals surface area contributed by atoms with E-state index in [4.69, 9.17) is 21.1 Å². The number of thioether (sulfide) groups is 1. The van der Waals surface area contributed by atoms with Crippen LogP contribution >= 0.6 is 46.0 Å². The smallest absolute Gasteiger partial charge is 0.293 e. The topological polar surface area (TPSA) is 72.9 Å². The first-order valence-corrected chi connectivity index (χ1v) is 12.7. The second-order valence-electron chi connectivity index (χ2n) is 7.47. The molecule has 0 atom stereocenters. The fourth-order valence-electron chi connectivity index (χ4n) is 3.38. The van der Waals surface area contributed by atoms with E-state index in [2.05, 4.69) is 22.6 Å². The van der Waals surface area contributed by atoms with Crippen LogP contribution in [0.15, 0.2) is 71.6 Å². The molecule has 35 heavy (non-hydrogen) atoms. The van der Waals surface area contributed by atoms with Crippen molar-refractivity contribution in [2.75, 3.05) is 13.7 Å². The van der Waals surface area contributed by atoms with Crippen LogP contribution in [0.2, 0.25) is 5.02 Å². The Bertz CT molecular complexity index is 1330. The summed E-state index contributed by atoms with van der Waals surface area (Å²) in [4.78, 5) is 39.0. The maximum Gasteiger partial charge on any atom is 0.293 e. The van der Waals surface area contributed by atoms with Crippen molar-refractivity contribution in [1.29, 1.82) is 0 Å². The van der Waals surface area contributed by atoms with E-state index in [9.17, 15) is 14.4 Å². The minimum atomic E-state index is -0.502.